The number of nitrogen functional groups attached to an aromatic ring is 1. The van der Waals surface area contributed by atoms with Gasteiger partial charge in [-0.05, 0) is 26.0 Å². The van der Waals surface area contributed by atoms with E-state index in [-0.39, 0.29) is 11.4 Å². The Morgan fingerprint density at radius 2 is 2.00 bits per heavy atom. The number of nitrogens with one attached hydrogen (secondary N) is 1. The monoisotopic (exact) mass is 236 g/mol. The van der Waals surface area contributed by atoms with Crippen molar-refractivity contribution in [3.8, 4) is 5.75 Å². The summed E-state index contributed by atoms with van der Waals surface area (Å²) < 4.78 is 10.9. The molecule has 0 radical (unpaired) electrons. The molecule has 0 aliphatic heterocycles. The molecule has 0 aromatic heterocycles. The lowest BCUT2D eigenvalue weighted by molar-refractivity contribution is 0.00544. The van der Waals surface area contributed by atoms with Gasteiger partial charge in [-0.2, -0.15) is 0 Å². The van der Waals surface area contributed by atoms with Gasteiger partial charge in [0, 0.05) is 13.5 Å². The maximum atomic E-state index is 7.44. The number of amidine groups is 1. The molecule has 94 valence electrons. The van der Waals surface area contributed by atoms with Gasteiger partial charge in [0.25, 0.3) is 0 Å². The van der Waals surface area contributed by atoms with E-state index in [0.29, 0.717) is 17.9 Å². The molecule has 0 saturated carbocycles. The molecule has 1 aromatic rings. The summed E-state index contributed by atoms with van der Waals surface area (Å²) in [4.78, 5) is 0. The zero-order valence-corrected chi connectivity index (χ0v) is 10.6. The minimum atomic E-state index is -0.203. The normalized spacial score (nSPS) is 11.2. The lowest BCUT2D eigenvalue weighted by Gasteiger charge is -2.23. The summed E-state index contributed by atoms with van der Waals surface area (Å²) in [6.45, 7) is 4.55. The number of ether oxygens (including phenoxy) is 2. The van der Waals surface area contributed by atoms with Crippen molar-refractivity contribution in [2.24, 2.45) is 5.73 Å². The van der Waals surface area contributed by atoms with E-state index in [9.17, 15) is 0 Å². The van der Waals surface area contributed by atoms with Gasteiger partial charge in [-0.3, -0.25) is 5.41 Å². The van der Waals surface area contributed by atoms with Gasteiger partial charge in [-0.1, -0.05) is 12.1 Å². The Labute approximate surface area is 102 Å². The number of methoxy groups -OCH3 is 1. The highest BCUT2D eigenvalue weighted by atomic mass is 16.5. The fraction of sp³-hybridized carbons (Fsp3) is 0.462. The molecule has 0 unspecified atom stereocenters. The predicted molar refractivity (Wildman–Crippen MR) is 68.7 cm³/mol. The Kier molecular flexibility index (Phi) is 4.52. The first kappa shape index (κ1) is 13.5. The first-order valence-corrected chi connectivity index (χ1v) is 5.57. The van der Waals surface area contributed by atoms with Gasteiger partial charge < -0.3 is 15.2 Å². The first-order valence-electron chi connectivity index (χ1n) is 5.57. The molecule has 3 N–H and O–H groups in total. The van der Waals surface area contributed by atoms with Gasteiger partial charge in [-0.15, -0.1) is 0 Å². The van der Waals surface area contributed by atoms with Crippen molar-refractivity contribution in [1.29, 1.82) is 5.41 Å². The number of hydrogen-bond donors (Lipinski definition) is 2. The van der Waals surface area contributed by atoms with Crippen LogP contribution in [0.1, 0.15) is 25.8 Å². The van der Waals surface area contributed by atoms with Gasteiger partial charge in [-0.25, -0.2) is 0 Å². The topological polar surface area (TPSA) is 68.3 Å². The summed E-state index contributed by atoms with van der Waals surface area (Å²) in [5.74, 6) is 0.665. The van der Waals surface area contributed by atoms with Crippen LogP contribution in [0.4, 0.5) is 0 Å². The van der Waals surface area contributed by atoms with Crippen LogP contribution in [-0.4, -0.2) is 25.2 Å². The second kappa shape index (κ2) is 5.68. The van der Waals surface area contributed by atoms with Crippen LogP contribution in [0.15, 0.2) is 24.3 Å². The van der Waals surface area contributed by atoms with Gasteiger partial charge in [0.05, 0.1) is 17.8 Å². The van der Waals surface area contributed by atoms with Crippen LogP contribution in [-0.2, 0) is 4.74 Å². The lowest BCUT2D eigenvalue weighted by atomic mass is 10.1. The molecule has 17 heavy (non-hydrogen) atoms. The van der Waals surface area contributed by atoms with E-state index < -0.39 is 0 Å². The Bertz CT molecular complexity index is 389. The van der Waals surface area contributed by atoms with Crippen LogP contribution in [0, 0.1) is 5.41 Å². The summed E-state index contributed by atoms with van der Waals surface area (Å²) in [6.07, 6.45) is 0.774. The number of hydrogen-bond acceptors (Lipinski definition) is 3. The Morgan fingerprint density at radius 1 is 1.35 bits per heavy atom. The third-order valence-corrected chi connectivity index (χ3v) is 2.69. The summed E-state index contributed by atoms with van der Waals surface area (Å²) in [5.41, 5.74) is 5.90. The van der Waals surface area contributed by atoms with E-state index in [0.717, 1.165) is 6.42 Å². The number of nitrogens with two attached hydrogens (primary N) is 1. The SMILES string of the molecule is COC(C)(C)CCOc1ccccc1C(=N)N. The van der Waals surface area contributed by atoms with Crippen molar-refractivity contribution in [3.63, 3.8) is 0 Å². The highest BCUT2D eigenvalue weighted by Gasteiger charge is 2.16. The zero-order valence-electron chi connectivity index (χ0n) is 10.6. The van der Waals surface area contributed by atoms with Gasteiger partial charge in [0.1, 0.15) is 11.6 Å². The van der Waals surface area contributed by atoms with Crippen LogP contribution in [0.25, 0.3) is 0 Å². The average molecular weight is 236 g/mol. The molecule has 0 aliphatic rings. The summed E-state index contributed by atoms with van der Waals surface area (Å²) in [6, 6.07) is 7.29. The fourth-order valence-corrected chi connectivity index (χ4v) is 1.32. The first-order chi connectivity index (χ1) is 7.96. The van der Waals surface area contributed by atoms with E-state index in [2.05, 4.69) is 0 Å². The highest BCUT2D eigenvalue weighted by molar-refractivity contribution is 5.97. The van der Waals surface area contributed by atoms with E-state index in [4.69, 9.17) is 20.6 Å². The number of benzene rings is 1. The van der Waals surface area contributed by atoms with Gasteiger partial charge in [0.2, 0.25) is 0 Å². The molecule has 0 atom stereocenters. The maximum absolute atomic E-state index is 7.44. The van der Waals surface area contributed by atoms with Crippen molar-refractivity contribution < 1.29 is 9.47 Å². The van der Waals surface area contributed by atoms with Crippen molar-refractivity contribution in [2.75, 3.05) is 13.7 Å². The average Bonchev–Trinajstić information content (AvgIpc) is 2.29. The standard InChI is InChI=1S/C13H20N2O2/c1-13(2,16-3)8-9-17-11-7-5-4-6-10(11)12(14)15/h4-7H,8-9H2,1-3H3,(H3,14,15). The summed E-state index contributed by atoms with van der Waals surface area (Å²) in [5, 5.41) is 7.44. The minimum absolute atomic E-state index is 0.0200. The smallest absolute Gasteiger partial charge is 0.130 e. The lowest BCUT2D eigenvalue weighted by Crippen LogP contribution is -2.25. The highest BCUT2D eigenvalue weighted by Crippen LogP contribution is 2.19. The quantitative estimate of drug-likeness (QED) is 0.587. The van der Waals surface area contributed by atoms with Crippen molar-refractivity contribution >= 4 is 5.84 Å². The molecule has 4 nitrogen and oxygen atoms in total. The third-order valence-electron chi connectivity index (χ3n) is 2.69. The maximum Gasteiger partial charge on any atom is 0.130 e. The molecule has 4 heteroatoms. The van der Waals surface area contributed by atoms with Gasteiger partial charge in [0.15, 0.2) is 0 Å². The summed E-state index contributed by atoms with van der Waals surface area (Å²) in [7, 11) is 1.68. The molecule has 0 heterocycles. The molecule has 1 rings (SSSR count). The van der Waals surface area contributed by atoms with Gasteiger partial charge >= 0.3 is 0 Å². The number of para-hydroxylation sites is 1. The second-order valence-electron chi connectivity index (χ2n) is 4.47. The second-order valence-corrected chi connectivity index (χ2v) is 4.47. The molecule has 1 aromatic carbocycles. The predicted octanol–water partition coefficient (Wildman–Crippen LogP) is 2.16. The van der Waals surface area contributed by atoms with Crippen LogP contribution in [0.2, 0.25) is 0 Å². The van der Waals surface area contributed by atoms with E-state index in [1.165, 1.54) is 0 Å². The van der Waals surface area contributed by atoms with E-state index >= 15 is 0 Å². The van der Waals surface area contributed by atoms with Crippen LogP contribution < -0.4 is 10.5 Å². The van der Waals surface area contributed by atoms with Crippen LogP contribution in [0.5, 0.6) is 5.75 Å². The molecule has 0 spiro atoms. The Hall–Kier alpha value is -1.55. The van der Waals surface area contributed by atoms with Crippen molar-refractivity contribution in [2.45, 2.75) is 25.9 Å². The molecule has 0 amide bonds. The molecule has 0 bridgehead atoms. The summed E-state index contributed by atoms with van der Waals surface area (Å²) >= 11 is 0. The number of rotatable bonds is 6. The molecular weight excluding hydrogens is 216 g/mol. The fourth-order valence-electron chi connectivity index (χ4n) is 1.32. The van der Waals surface area contributed by atoms with Crippen molar-refractivity contribution in [3.05, 3.63) is 29.8 Å². The van der Waals surface area contributed by atoms with Crippen molar-refractivity contribution in [1.82, 2.24) is 0 Å². The minimum Gasteiger partial charge on any atom is -0.493 e. The van der Waals surface area contributed by atoms with E-state index in [1.807, 2.05) is 32.0 Å². The Morgan fingerprint density at radius 3 is 2.59 bits per heavy atom. The zero-order chi connectivity index (χ0) is 12.9. The van der Waals surface area contributed by atoms with Crippen LogP contribution >= 0.6 is 0 Å². The largest absolute Gasteiger partial charge is 0.493 e. The molecule has 0 saturated heterocycles. The van der Waals surface area contributed by atoms with Crippen LogP contribution in [0.3, 0.4) is 0 Å². The third kappa shape index (κ3) is 4.07. The molecule has 0 fully saturated rings. The van der Waals surface area contributed by atoms with E-state index in [1.54, 1.807) is 13.2 Å². The Balaban J connectivity index is 2.61. The molecular formula is C13H20N2O2. The molecule has 0 aliphatic carbocycles.